The molecule has 1 aromatic heterocycles. The van der Waals surface area contributed by atoms with Gasteiger partial charge in [0, 0.05) is 42.2 Å². The summed E-state index contributed by atoms with van der Waals surface area (Å²) in [5, 5.41) is 24.4. The molecular formula is C24H23N5O4. The predicted octanol–water partition coefficient (Wildman–Crippen LogP) is 4.13. The molecule has 2 heterocycles. The van der Waals surface area contributed by atoms with E-state index >= 15 is 0 Å². The van der Waals surface area contributed by atoms with Crippen LogP contribution in [0.4, 0.5) is 11.5 Å². The van der Waals surface area contributed by atoms with E-state index in [1.165, 1.54) is 12.1 Å². The number of amides is 1. The Labute approximate surface area is 190 Å². The average molecular weight is 445 g/mol. The van der Waals surface area contributed by atoms with Crippen molar-refractivity contribution in [2.75, 3.05) is 25.0 Å². The van der Waals surface area contributed by atoms with Crippen LogP contribution in [0.5, 0.6) is 5.75 Å². The summed E-state index contributed by atoms with van der Waals surface area (Å²) in [6.45, 7) is 3.71. The fourth-order valence-electron chi connectivity index (χ4n) is 3.97. The van der Waals surface area contributed by atoms with Crippen LogP contribution in [0.3, 0.4) is 0 Å². The highest BCUT2D eigenvalue weighted by Gasteiger charge is 2.24. The number of nitriles is 1. The van der Waals surface area contributed by atoms with Gasteiger partial charge < -0.3 is 15.0 Å². The third kappa shape index (κ3) is 4.85. The van der Waals surface area contributed by atoms with Gasteiger partial charge in [0.15, 0.2) is 0 Å². The molecule has 0 radical (unpaired) electrons. The molecule has 33 heavy (non-hydrogen) atoms. The molecule has 4 rings (SSSR count). The van der Waals surface area contributed by atoms with Crippen molar-refractivity contribution in [2.24, 2.45) is 0 Å². The zero-order valence-electron chi connectivity index (χ0n) is 18.2. The van der Waals surface area contributed by atoms with E-state index in [0.29, 0.717) is 47.5 Å². The molecule has 3 aromatic rings. The van der Waals surface area contributed by atoms with E-state index in [1.807, 2.05) is 11.8 Å². The molecular weight excluding hydrogens is 422 g/mol. The SMILES string of the molecule is CCOc1ccc(C(=O)N2CCC(Nc3cc(C#N)c4cc([N+](=O)[O-])ccc4n3)CC2)cc1. The number of non-ortho nitro benzene ring substituents is 1. The number of nitro benzene ring substituents is 1. The second kappa shape index (κ2) is 9.53. The maximum Gasteiger partial charge on any atom is 0.270 e. The summed E-state index contributed by atoms with van der Waals surface area (Å²) in [6, 6.07) is 15.3. The quantitative estimate of drug-likeness (QED) is 0.447. The van der Waals surface area contributed by atoms with E-state index in [2.05, 4.69) is 16.4 Å². The molecule has 0 saturated carbocycles. The first-order valence-corrected chi connectivity index (χ1v) is 10.8. The van der Waals surface area contributed by atoms with Crippen molar-refractivity contribution < 1.29 is 14.5 Å². The first-order valence-electron chi connectivity index (χ1n) is 10.8. The second-order valence-electron chi connectivity index (χ2n) is 7.79. The molecule has 1 aliphatic heterocycles. The Morgan fingerprint density at radius 2 is 1.97 bits per heavy atom. The first kappa shape index (κ1) is 22.0. The monoisotopic (exact) mass is 445 g/mol. The molecule has 1 N–H and O–H groups in total. The molecule has 0 spiro atoms. The lowest BCUT2D eigenvalue weighted by Gasteiger charge is -2.32. The number of hydrogen-bond donors (Lipinski definition) is 1. The van der Waals surface area contributed by atoms with Gasteiger partial charge in [0.25, 0.3) is 11.6 Å². The normalized spacial score (nSPS) is 14.0. The first-order chi connectivity index (χ1) is 16.0. The van der Waals surface area contributed by atoms with Crippen LogP contribution < -0.4 is 10.1 Å². The number of likely N-dealkylation sites (tertiary alicyclic amines) is 1. The third-order valence-electron chi connectivity index (χ3n) is 5.67. The van der Waals surface area contributed by atoms with Crippen LogP contribution in [0.1, 0.15) is 35.7 Å². The number of pyridine rings is 1. The third-order valence-corrected chi connectivity index (χ3v) is 5.67. The number of aromatic nitrogens is 1. The van der Waals surface area contributed by atoms with Gasteiger partial charge in [0.05, 0.1) is 28.7 Å². The predicted molar refractivity (Wildman–Crippen MR) is 123 cm³/mol. The largest absolute Gasteiger partial charge is 0.494 e. The fourth-order valence-corrected chi connectivity index (χ4v) is 3.97. The smallest absolute Gasteiger partial charge is 0.270 e. The van der Waals surface area contributed by atoms with Gasteiger partial charge in [-0.2, -0.15) is 5.26 Å². The number of piperidine rings is 1. The average Bonchev–Trinajstić information content (AvgIpc) is 2.84. The maximum absolute atomic E-state index is 12.8. The van der Waals surface area contributed by atoms with Crippen LogP contribution in [-0.4, -0.2) is 46.5 Å². The van der Waals surface area contributed by atoms with Crippen LogP contribution >= 0.6 is 0 Å². The molecule has 0 unspecified atom stereocenters. The van der Waals surface area contributed by atoms with Crippen molar-refractivity contribution in [3.05, 3.63) is 69.8 Å². The number of carbonyl (C=O) groups excluding carboxylic acids is 1. The number of rotatable bonds is 6. The molecule has 9 heteroatoms. The molecule has 2 aromatic carbocycles. The summed E-state index contributed by atoms with van der Waals surface area (Å²) in [4.78, 5) is 29.7. The molecule has 1 aliphatic rings. The lowest BCUT2D eigenvalue weighted by molar-refractivity contribution is -0.384. The van der Waals surface area contributed by atoms with E-state index in [9.17, 15) is 20.2 Å². The van der Waals surface area contributed by atoms with Crippen LogP contribution in [0.2, 0.25) is 0 Å². The summed E-state index contributed by atoms with van der Waals surface area (Å²) in [5.41, 5.74) is 1.40. The Kier molecular flexibility index (Phi) is 6.36. The van der Waals surface area contributed by atoms with Gasteiger partial charge in [-0.15, -0.1) is 0 Å². The Morgan fingerprint density at radius 3 is 2.61 bits per heavy atom. The van der Waals surface area contributed by atoms with Crippen LogP contribution in [0, 0.1) is 21.4 Å². The zero-order valence-corrected chi connectivity index (χ0v) is 18.2. The highest BCUT2D eigenvalue weighted by atomic mass is 16.6. The van der Waals surface area contributed by atoms with Gasteiger partial charge in [-0.25, -0.2) is 4.98 Å². The minimum absolute atomic E-state index is 0.00584. The van der Waals surface area contributed by atoms with Gasteiger partial charge in [0.2, 0.25) is 0 Å². The van der Waals surface area contributed by atoms with Crippen molar-refractivity contribution in [2.45, 2.75) is 25.8 Å². The minimum Gasteiger partial charge on any atom is -0.494 e. The summed E-state index contributed by atoms with van der Waals surface area (Å²) in [7, 11) is 0. The summed E-state index contributed by atoms with van der Waals surface area (Å²) in [6.07, 6.45) is 1.48. The molecule has 0 aliphatic carbocycles. The van der Waals surface area contributed by atoms with Crippen LogP contribution in [-0.2, 0) is 0 Å². The van der Waals surface area contributed by atoms with Gasteiger partial charge >= 0.3 is 0 Å². The Balaban J connectivity index is 1.41. The highest BCUT2D eigenvalue weighted by molar-refractivity contribution is 5.94. The van der Waals surface area contributed by atoms with Crippen molar-refractivity contribution >= 4 is 28.3 Å². The number of anilines is 1. The molecule has 168 valence electrons. The number of benzene rings is 2. The van der Waals surface area contributed by atoms with Crippen molar-refractivity contribution in [1.82, 2.24) is 9.88 Å². The standard InChI is InChI=1S/C24H23N5O4/c1-2-33-20-6-3-16(4-7-20)24(30)28-11-9-18(10-12-28)26-23-13-17(15-25)21-14-19(29(31)32)5-8-22(21)27-23/h3-8,13-14,18H,2,9-12H2,1H3,(H,26,27). The number of nitrogens with one attached hydrogen (secondary N) is 1. The number of hydrogen-bond acceptors (Lipinski definition) is 7. The van der Waals surface area contributed by atoms with Gasteiger partial charge in [-0.05, 0) is 56.2 Å². The van der Waals surface area contributed by atoms with Crippen molar-refractivity contribution in [1.29, 1.82) is 5.26 Å². The van der Waals surface area contributed by atoms with E-state index in [1.54, 1.807) is 36.4 Å². The molecule has 0 atom stereocenters. The lowest BCUT2D eigenvalue weighted by atomic mass is 10.0. The van der Waals surface area contributed by atoms with E-state index in [4.69, 9.17) is 4.74 Å². The maximum atomic E-state index is 12.8. The Bertz CT molecular complexity index is 1230. The summed E-state index contributed by atoms with van der Waals surface area (Å²) >= 11 is 0. The summed E-state index contributed by atoms with van der Waals surface area (Å²) in [5.74, 6) is 1.28. The van der Waals surface area contributed by atoms with E-state index < -0.39 is 4.92 Å². The number of ether oxygens (including phenoxy) is 1. The molecule has 1 saturated heterocycles. The molecule has 1 amide bonds. The molecule has 1 fully saturated rings. The second-order valence-corrected chi connectivity index (χ2v) is 7.79. The topological polar surface area (TPSA) is 121 Å². The molecule has 0 bridgehead atoms. The fraction of sp³-hybridized carbons (Fsp3) is 0.292. The minimum atomic E-state index is -0.491. The highest BCUT2D eigenvalue weighted by Crippen LogP contribution is 2.26. The van der Waals surface area contributed by atoms with Crippen molar-refractivity contribution in [3.8, 4) is 11.8 Å². The van der Waals surface area contributed by atoms with E-state index in [0.717, 1.165) is 18.6 Å². The van der Waals surface area contributed by atoms with Gasteiger partial charge in [-0.1, -0.05) is 0 Å². The number of fused-ring (bicyclic) bond motifs is 1. The van der Waals surface area contributed by atoms with E-state index in [-0.39, 0.29) is 17.6 Å². The Hall–Kier alpha value is -4.19. The molecule has 9 nitrogen and oxygen atoms in total. The van der Waals surface area contributed by atoms with Gasteiger partial charge in [-0.3, -0.25) is 14.9 Å². The number of nitro groups is 1. The van der Waals surface area contributed by atoms with Crippen molar-refractivity contribution in [3.63, 3.8) is 0 Å². The number of carbonyl (C=O) groups is 1. The lowest BCUT2D eigenvalue weighted by Crippen LogP contribution is -2.42. The number of nitrogens with zero attached hydrogens (tertiary/aromatic N) is 4. The van der Waals surface area contributed by atoms with Crippen LogP contribution in [0.25, 0.3) is 10.9 Å². The van der Waals surface area contributed by atoms with Gasteiger partial charge in [0.1, 0.15) is 11.6 Å². The van der Waals surface area contributed by atoms with Crippen LogP contribution in [0.15, 0.2) is 48.5 Å². The summed E-state index contributed by atoms with van der Waals surface area (Å²) < 4.78 is 5.43. The Morgan fingerprint density at radius 1 is 1.24 bits per heavy atom. The zero-order chi connectivity index (χ0) is 23.4.